The average molecular weight is 292 g/mol. The third-order valence-electron chi connectivity index (χ3n) is 2.17. The molecule has 108 valence electrons. The van der Waals surface area contributed by atoms with Gasteiger partial charge in [-0.15, -0.1) is 0 Å². The van der Waals surface area contributed by atoms with Gasteiger partial charge in [0.1, 0.15) is 30.3 Å². The lowest BCUT2D eigenvalue weighted by Gasteiger charge is -2.04. The highest BCUT2D eigenvalue weighted by molar-refractivity contribution is 5.62. The molecule has 5 nitrogen and oxygen atoms in total. The first-order valence-electron chi connectivity index (χ1n) is 5.32. The molecule has 1 aromatic carbocycles. The van der Waals surface area contributed by atoms with Crippen LogP contribution >= 0.6 is 0 Å². The van der Waals surface area contributed by atoms with Crippen LogP contribution in [0.25, 0.3) is 11.5 Å². The van der Waals surface area contributed by atoms with Crippen molar-refractivity contribution in [1.82, 2.24) is 10.1 Å². The highest BCUT2D eigenvalue weighted by Gasteiger charge is 2.27. The summed E-state index contributed by atoms with van der Waals surface area (Å²) in [6, 6.07) is 3.55. The maximum atomic E-state index is 13.5. The molecular weight excluding hydrogens is 284 g/mol. The van der Waals surface area contributed by atoms with E-state index in [1.807, 2.05) is 0 Å². The molecule has 0 saturated carbocycles. The minimum absolute atomic E-state index is 0.188. The Labute approximate surface area is 109 Å². The molecule has 9 heteroatoms. The molecule has 0 amide bonds. The quantitative estimate of drug-likeness (QED) is 0.877. The molecule has 0 atom stereocenters. The number of aromatic nitrogens is 2. The SMILES string of the molecule is Oc1cccc(F)c1-c1nc(COCC(F)(F)F)no1. The van der Waals surface area contributed by atoms with Crippen molar-refractivity contribution in [3.8, 4) is 17.2 Å². The van der Waals surface area contributed by atoms with Crippen LogP contribution in [0.4, 0.5) is 17.6 Å². The van der Waals surface area contributed by atoms with Crippen LogP contribution in [-0.4, -0.2) is 28.0 Å². The monoisotopic (exact) mass is 292 g/mol. The van der Waals surface area contributed by atoms with Crippen LogP contribution in [0.2, 0.25) is 0 Å². The second-order valence-electron chi connectivity index (χ2n) is 3.76. The van der Waals surface area contributed by atoms with Crippen LogP contribution in [0.15, 0.2) is 22.7 Å². The van der Waals surface area contributed by atoms with Crippen LogP contribution in [0.3, 0.4) is 0 Å². The van der Waals surface area contributed by atoms with Crippen molar-refractivity contribution in [1.29, 1.82) is 0 Å². The number of phenols is 1. The number of hydrogen-bond acceptors (Lipinski definition) is 5. The molecule has 0 aliphatic carbocycles. The van der Waals surface area contributed by atoms with E-state index < -0.39 is 31.0 Å². The maximum absolute atomic E-state index is 13.5. The molecule has 0 bridgehead atoms. The van der Waals surface area contributed by atoms with Crippen LogP contribution < -0.4 is 0 Å². The summed E-state index contributed by atoms with van der Waals surface area (Å²) >= 11 is 0. The summed E-state index contributed by atoms with van der Waals surface area (Å²) in [4.78, 5) is 3.65. The first-order valence-corrected chi connectivity index (χ1v) is 5.32. The van der Waals surface area contributed by atoms with Gasteiger partial charge in [-0.05, 0) is 12.1 Å². The number of nitrogens with zero attached hydrogens (tertiary/aromatic N) is 2. The Balaban J connectivity index is 2.09. The van der Waals surface area contributed by atoms with Gasteiger partial charge in [0.2, 0.25) is 0 Å². The molecule has 0 spiro atoms. The van der Waals surface area contributed by atoms with E-state index in [1.165, 1.54) is 12.1 Å². The normalized spacial score (nSPS) is 11.8. The number of hydrogen-bond donors (Lipinski definition) is 1. The lowest BCUT2D eigenvalue weighted by molar-refractivity contribution is -0.177. The molecule has 0 radical (unpaired) electrons. The van der Waals surface area contributed by atoms with E-state index in [0.717, 1.165) is 6.07 Å². The number of halogens is 4. The Hall–Kier alpha value is -2.16. The van der Waals surface area contributed by atoms with Gasteiger partial charge in [0.25, 0.3) is 5.89 Å². The van der Waals surface area contributed by atoms with Gasteiger partial charge < -0.3 is 14.4 Å². The molecular formula is C11H8F4N2O3. The summed E-state index contributed by atoms with van der Waals surface area (Å²) in [6.45, 7) is -2.00. The zero-order valence-corrected chi connectivity index (χ0v) is 9.82. The van der Waals surface area contributed by atoms with E-state index in [1.54, 1.807) is 0 Å². The lowest BCUT2D eigenvalue weighted by Crippen LogP contribution is -2.16. The van der Waals surface area contributed by atoms with Crippen LogP contribution in [0.1, 0.15) is 5.82 Å². The molecule has 1 aromatic heterocycles. The zero-order valence-electron chi connectivity index (χ0n) is 9.82. The Kier molecular flexibility index (Phi) is 3.89. The van der Waals surface area contributed by atoms with Crippen molar-refractivity contribution in [3.63, 3.8) is 0 Å². The van der Waals surface area contributed by atoms with Crippen LogP contribution in [-0.2, 0) is 11.3 Å². The molecule has 2 rings (SSSR count). The summed E-state index contributed by atoms with van der Waals surface area (Å²) < 4.78 is 58.1. The smallest absolute Gasteiger partial charge is 0.411 e. The number of phenolic OH excluding ortho intramolecular Hbond substituents is 1. The third-order valence-corrected chi connectivity index (χ3v) is 2.17. The molecule has 0 unspecified atom stereocenters. The minimum atomic E-state index is -4.46. The molecule has 0 aliphatic heterocycles. The molecule has 20 heavy (non-hydrogen) atoms. The van der Waals surface area contributed by atoms with Gasteiger partial charge in [-0.1, -0.05) is 11.2 Å². The number of aromatic hydroxyl groups is 1. The van der Waals surface area contributed by atoms with Gasteiger partial charge >= 0.3 is 6.18 Å². The second-order valence-corrected chi connectivity index (χ2v) is 3.76. The van der Waals surface area contributed by atoms with Gasteiger partial charge in [0.15, 0.2) is 5.82 Å². The highest BCUT2D eigenvalue weighted by Crippen LogP contribution is 2.30. The first-order chi connectivity index (χ1) is 9.37. The summed E-state index contributed by atoms with van der Waals surface area (Å²) in [5.41, 5.74) is -0.318. The molecule has 1 N–H and O–H groups in total. The van der Waals surface area contributed by atoms with E-state index in [9.17, 15) is 22.7 Å². The predicted molar refractivity (Wildman–Crippen MR) is 57.1 cm³/mol. The van der Waals surface area contributed by atoms with Crippen molar-refractivity contribution >= 4 is 0 Å². The van der Waals surface area contributed by atoms with Crippen molar-refractivity contribution in [2.75, 3.05) is 6.61 Å². The van der Waals surface area contributed by atoms with Crippen molar-refractivity contribution < 1.29 is 31.9 Å². The standard InChI is InChI=1S/C11H8F4N2O3/c12-6-2-1-3-7(18)9(6)10-16-8(17-20-10)4-19-5-11(13,14)15/h1-3,18H,4-5H2. The Morgan fingerprint density at radius 1 is 1.30 bits per heavy atom. The van der Waals surface area contributed by atoms with E-state index in [-0.39, 0.29) is 17.3 Å². The maximum Gasteiger partial charge on any atom is 0.411 e. The number of rotatable bonds is 4. The van der Waals surface area contributed by atoms with E-state index in [2.05, 4.69) is 19.4 Å². The lowest BCUT2D eigenvalue weighted by atomic mass is 10.2. The molecule has 0 saturated heterocycles. The molecule has 0 aliphatic rings. The zero-order chi connectivity index (χ0) is 14.8. The predicted octanol–water partition coefficient (Wildman–Crippen LogP) is 2.66. The molecule has 0 fully saturated rings. The van der Waals surface area contributed by atoms with Gasteiger partial charge in [0, 0.05) is 0 Å². The van der Waals surface area contributed by atoms with Gasteiger partial charge in [-0.2, -0.15) is 18.2 Å². The fourth-order valence-corrected chi connectivity index (χ4v) is 1.40. The summed E-state index contributed by atoms with van der Waals surface area (Å²) in [6.07, 6.45) is -4.46. The van der Waals surface area contributed by atoms with Crippen molar-refractivity contribution in [2.24, 2.45) is 0 Å². The van der Waals surface area contributed by atoms with E-state index in [4.69, 9.17) is 0 Å². The largest absolute Gasteiger partial charge is 0.507 e. The van der Waals surface area contributed by atoms with Gasteiger partial charge in [0.05, 0.1) is 0 Å². The minimum Gasteiger partial charge on any atom is -0.507 e. The summed E-state index contributed by atoms with van der Waals surface area (Å²) in [7, 11) is 0. The van der Waals surface area contributed by atoms with E-state index in [0.29, 0.717) is 0 Å². The molecule has 1 heterocycles. The van der Waals surface area contributed by atoms with Crippen LogP contribution in [0.5, 0.6) is 5.75 Å². The summed E-state index contributed by atoms with van der Waals surface area (Å²) in [5.74, 6) is -1.74. The van der Waals surface area contributed by atoms with Gasteiger partial charge in [-0.3, -0.25) is 0 Å². The fourth-order valence-electron chi connectivity index (χ4n) is 1.40. The number of benzene rings is 1. The van der Waals surface area contributed by atoms with Crippen molar-refractivity contribution in [3.05, 3.63) is 29.8 Å². The Morgan fingerprint density at radius 2 is 2.05 bits per heavy atom. The fraction of sp³-hybridized carbons (Fsp3) is 0.273. The van der Waals surface area contributed by atoms with Crippen LogP contribution in [0, 0.1) is 5.82 Å². The average Bonchev–Trinajstić information content (AvgIpc) is 2.75. The highest BCUT2D eigenvalue weighted by atomic mass is 19.4. The summed E-state index contributed by atoms with van der Waals surface area (Å²) in [5, 5.41) is 12.8. The topological polar surface area (TPSA) is 68.4 Å². The van der Waals surface area contributed by atoms with Gasteiger partial charge in [-0.25, -0.2) is 4.39 Å². The molecule has 2 aromatic rings. The Bertz CT molecular complexity index is 577. The third kappa shape index (κ3) is 3.44. The van der Waals surface area contributed by atoms with Crippen molar-refractivity contribution in [2.45, 2.75) is 12.8 Å². The number of ether oxygens (including phenoxy) is 1. The second kappa shape index (κ2) is 5.45. The Morgan fingerprint density at radius 3 is 2.70 bits per heavy atom. The van der Waals surface area contributed by atoms with E-state index >= 15 is 0 Å². The number of alkyl halides is 3. The first kappa shape index (κ1) is 14.3.